The fourth-order valence-electron chi connectivity index (χ4n) is 1.26. The van der Waals surface area contributed by atoms with E-state index < -0.39 is 4.92 Å². The number of aromatic nitrogens is 2. The summed E-state index contributed by atoms with van der Waals surface area (Å²) >= 11 is 1.36. The minimum Gasteiger partial charge on any atom is -0.490 e. The van der Waals surface area contributed by atoms with Gasteiger partial charge in [-0.1, -0.05) is 11.3 Å². The molecule has 2 aromatic rings. The molecule has 16 heavy (non-hydrogen) atoms. The largest absolute Gasteiger partial charge is 0.490 e. The maximum absolute atomic E-state index is 10.7. The van der Waals surface area contributed by atoms with E-state index in [1.807, 2.05) is 0 Å². The average Bonchev–Trinajstić information content (AvgIpc) is 2.81. The molecular weight excluding hydrogens is 230 g/mol. The summed E-state index contributed by atoms with van der Waals surface area (Å²) in [4.78, 5) is 10.2. The average molecular weight is 237 g/mol. The third kappa shape index (κ3) is 1.84. The fraction of sp³-hybridized carbons (Fsp3) is 0.111. The molecule has 0 N–H and O–H groups in total. The van der Waals surface area contributed by atoms with Crippen molar-refractivity contribution in [1.29, 1.82) is 0 Å². The Morgan fingerprint density at radius 2 is 2.31 bits per heavy atom. The lowest BCUT2D eigenvalue weighted by Crippen LogP contribution is -1.93. The van der Waals surface area contributed by atoms with E-state index in [2.05, 4.69) is 10.2 Å². The number of nitrogens with zero attached hydrogens (tertiary/aromatic N) is 3. The van der Waals surface area contributed by atoms with Crippen molar-refractivity contribution in [3.63, 3.8) is 0 Å². The van der Waals surface area contributed by atoms with E-state index in [-0.39, 0.29) is 11.4 Å². The first-order valence-corrected chi connectivity index (χ1v) is 5.19. The van der Waals surface area contributed by atoms with Gasteiger partial charge in [-0.15, -0.1) is 10.2 Å². The second-order valence-corrected chi connectivity index (χ2v) is 3.72. The summed E-state index contributed by atoms with van der Waals surface area (Å²) in [6.07, 6.45) is 0. The lowest BCUT2D eigenvalue weighted by Gasteiger charge is -2.02. The normalized spacial score (nSPS) is 10.1. The molecule has 0 aliphatic rings. The molecule has 0 saturated carbocycles. The first kappa shape index (κ1) is 10.5. The lowest BCUT2D eigenvalue weighted by molar-refractivity contribution is -0.385. The minimum absolute atomic E-state index is 0.0595. The molecule has 6 nitrogen and oxygen atoms in total. The number of hydrogen-bond acceptors (Lipinski definition) is 6. The molecule has 0 saturated heterocycles. The number of benzene rings is 1. The van der Waals surface area contributed by atoms with Crippen molar-refractivity contribution >= 4 is 17.0 Å². The summed E-state index contributed by atoms with van der Waals surface area (Å²) < 4.78 is 4.96. The van der Waals surface area contributed by atoms with Crippen molar-refractivity contribution in [2.45, 2.75) is 0 Å². The number of hydrogen-bond donors (Lipinski definition) is 0. The fourth-order valence-corrected chi connectivity index (χ4v) is 1.81. The van der Waals surface area contributed by atoms with Crippen LogP contribution < -0.4 is 4.74 Å². The quantitative estimate of drug-likeness (QED) is 0.603. The molecular formula is C9H7N3O3S. The monoisotopic (exact) mass is 237 g/mol. The van der Waals surface area contributed by atoms with Crippen LogP contribution in [-0.4, -0.2) is 22.2 Å². The van der Waals surface area contributed by atoms with Gasteiger partial charge in [-0.25, -0.2) is 0 Å². The van der Waals surface area contributed by atoms with E-state index in [1.54, 1.807) is 17.6 Å². The van der Waals surface area contributed by atoms with Crippen LogP contribution in [0.2, 0.25) is 0 Å². The number of nitro groups is 1. The van der Waals surface area contributed by atoms with Crippen LogP contribution in [0.3, 0.4) is 0 Å². The zero-order valence-electron chi connectivity index (χ0n) is 8.28. The zero-order valence-corrected chi connectivity index (χ0v) is 9.10. The lowest BCUT2D eigenvalue weighted by atomic mass is 10.2. The summed E-state index contributed by atoms with van der Waals surface area (Å²) in [5, 5.41) is 19.0. The molecule has 1 aromatic heterocycles. The highest BCUT2D eigenvalue weighted by atomic mass is 32.1. The van der Waals surface area contributed by atoms with Gasteiger partial charge in [0.2, 0.25) is 0 Å². The Bertz CT molecular complexity index is 513. The maximum atomic E-state index is 10.7. The van der Waals surface area contributed by atoms with Gasteiger partial charge in [-0.2, -0.15) is 0 Å². The Kier molecular flexibility index (Phi) is 2.78. The van der Waals surface area contributed by atoms with Gasteiger partial charge in [0.1, 0.15) is 10.5 Å². The molecule has 0 amide bonds. The van der Waals surface area contributed by atoms with Crippen LogP contribution in [0.4, 0.5) is 5.69 Å². The van der Waals surface area contributed by atoms with Crippen LogP contribution in [0.15, 0.2) is 23.7 Å². The van der Waals surface area contributed by atoms with Crippen molar-refractivity contribution in [2.75, 3.05) is 7.11 Å². The molecule has 1 heterocycles. The van der Waals surface area contributed by atoms with E-state index in [9.17, 15) is 10.1 Å². The molecule has 0 bridgehead atoms. The number of methoxy groups -OCH3 is 1. The predicted octanol–water partition coefficient (Wildman–Crippen LogP) is 2.12. The molecule has 0 aliphatic carbocycles. The van der Waals surface area contributed by atoms with E-state index in [1.165, 1.54) is 24.5 Å². The van der Waals surface area contributed by atoms with Crippen molar-refractivity contribution in [2.24, 2.45) is 0 Å². The molecule has 0 atom stereocenters. The Morgan fingerprint density at radius 1 is 1.50 bits per heavy atom. The van der Waals surface area contributed by atoms with Crippen molar-refractivity contribution in [3.05, 3.63) is 33.8 Å². The van der Waals surface area contributed by atoms with Crippen molar-refractivity contribution < 1.29 is 9.66 Å². The second-order valence-electron chi connectivity index (χ2n) is 2.89. The highest BCUT2D eigenvalue weighted by molar-refractivity contribution is 7.12. The van der Waals surface area contributed by atoms with E-state index in [0.29, 0.717) is 5.01 Å². The van der Waals surface area contributed by atoms with Crippen molar-refractivity contribution in [3.8, 4) is 16.3 Å². The van der Waals surface area contributed by atoms with Crippen LogP contribution in [0.5, 0.6) is 5.75 Å². The molecule has 0 radical (unpaired) electrons. The molecule has 82 valence electrons. The topological polar surface area (TPSA) is 78.2 Å². The van der Waals surface area contributed by atoms with E-state index in [4.69, 9.17) is 4.74 Å². The zero-order chi connectivity index (χ0) is 11.5. The molecule has 0 aliphatic heterocycles. The van der Waals surface area contributed by atoms with Gasteiger partial charge >= 0.3 is 5.69 Å². The Morgan fingerprint density at radius 3 is 2.88 bits per heavy atom. The molecule has 2 rings (SSSR count). The highest BCUT2D eigenvalue weighted by Gasteiger charge is 2.15. The third-order valence-electron chi connectivity index (χ3n) is 1.98. The van der Waals surface area contributed by atoms with E-state index >= 15 is 0 Å². The first-order valence-electron chi connectivity index (χ1n) is 4.31. The Labute approximate surface area is 94.7 Å². The smallest absolute Gasteiger partial charge is 0.310 e. The minimum atomic E-state index is -0.483. The maximum Gasteiger partial charge on any atom is 0.310 e. The third-order valence-corrected chi connectivity index (χ3v) is 2.72. The van der Waals surface area contributed by atoms with Crippen LogP contribution in [0.1, 0.15) is 0 Å². The Balaban J connectivity index is 2.49. The van der Waals surface area contributed by atoms with Crippen LogP contribution in [0, 0.1) is 10.1 Å². The van der Waals surface area contributed by atoms with Crippen LogP contribution >= 0.6 is 11.3 Å². The molecule has 0 fully saturated rings. The highest BCUT2D eigenvalue weighted by Crippen LogP contribution is 2.32. The van der Waals surface area contributed by atoms with Gasteiger partial charge in [-0.3, -0.25) is 10.1 Å². The predicted molar refractivity (Wildman–Crippen MR) is 58.6 cm³/mol. The van der Waals surface area contributed by atoms with Crippen LogP contribution in [0.25, 0.3) is 10.6 Å². The first-order chi connectivity index (χ1) is 7.72. The summed E-state index contributed by atoms with van der Waals surface area (Å²) in [7, 11) is 1.40. The van der Waals surface area contributed by atoms with Gasteiger partial charge in [0.15, 0.2) is 5.75 Å². The van der Waals surface area contributed by atoms with Crippen LogP contribution in [-0.2, 0) is 0 Å². The SMILES string of the molecule is COc1cc(-c2nncs2)ccc1[N+](=O)[O-]. The van der Waals surface area contributed by atoms with E-state index in [0.717, 1.165) is 5.56 Å². The van der Waals surface area contributed by atoms with Gasteiger partial charge in [0.05, 0.1) is 12.0 Å². The molecule has 7 heteroatoms. The number of nitro benzene ring substituents is 1. The summed E-state index contributed by atoms with van der Waals surface area (Å²) in [6, 6.07) is 4.61. The van der Waals surface area contributed by atoms with Gasteiger partial charge < -0.3 is 4.74 Å². The van der Waals surface area contributed by atoms with Gasteiger partial charge in [-0.05, 0) is 12.1 Å². The summed E-state index contributed by atoms with van der Waals surface area (Å²) in [5.74, 6) is 0.220. The Hall–Kier alpha value is -2.02. The molecule has 0 spiro atoms. The van der Waals surface area contributed by atoms with Gasteiger partial charge in [0.25, 0.3) is 0 Å². The molecule has 0 unspecified atom stereocenters. The standard InChI is InChI=1S/C9H7N3O3S/c1-15-8-4-6(9-11-10-5-16-9)2-3-7(8)12(13)14/h2-5H,1H3. The van der Waals surface area contributed by atoms with Crippen molar-refractivity contribution in [1.82, 2.24) is 10.2 Å². The number of rotatable bonds is 3. The molecule has 1 aromatic carbocycles. The van der Waals surface area contributed by atoms with Gasteiger partial charge in [0, 0.05) is 11.6 Å². The summed E-state index contributed by atoms with van der Waals surface area (Å²) in [5.41, 5.74) is 2.30. The number of ether oxygens (including phenoxy) is 1. The second kappa shape index (κ2) is 4.23. The summed E-state index contributed by atoms with van der Waals surface area (Å²) in [6.45, 7) is 0.